The highest BCUT2D eigenvalue weighted by Gasteiger charge is 2.26. The zero-order valence-electron chi connectivity index (χ0n) is 14.2. The van der Waals surface area contributed by atoms with Crippen LogP contribution >= 0.6 is 0 Å². The van der Waals surface area contributed by atoms with E-state index >= 15 is 0 Å². The van der Waals surface area contributed by atoms with Crippen LogP contribution in [0.2, 0.25) is 0 Å². The molecule has 8 heteroatoms. The summed E-state index contributed by atoms with van der Waals surface area (Å²) >= 11 is 0. The minimum atomic E-state index is -0.292. The van der Waals surface area contributed by atoms with E-state index in [0.29, 0.717) is 5.82 Å². The third-order valence-electron chi connectivity index (χ3n) is 4.73. The van der Waals surface area contributed by atoms with Gasteiger partial charge in [-0.05, 0) is 30.2 Å². The summed E-state index contributed by atoms with van der Waals surface area (Å²) in [6.45, 7) is 2.31. The number of amides is 3. The molecule has 130 valence electrons. The van der Waals surface area contributed by atoms with Crippen molar-refractivity contribution in [2.75, 3.05) is 37.4 Å². The number of anilines is 3. The highest BCUT2D eigenvalue weighted by Crippen LogP contribution is 2.33. The Morgan fingerprint density at radius 2 is 2.04 bits per heavy atom. The summed E-state index contributed by atoms with van der Waals surface area (Å²) in [6, 6.07) is 7.55. The molecule has 2 aromatic rings. The van der Waals surface area contributed by atoms with E-state index in [9.17, 15) is 9.59 Å². The van der Waals surface area contributed by atoms with Crippen molar-refractivity contribution < 1.29 is 9.59 Å². The molecule has 1 aromatic heterocycles. The first-order chi connectivity index (χ1) is 12.1. The lowest BCUT2D eigenvalue weighted by Gasteiger charge is -2.26. The molecule has 0 spiro atoms. The maximum atomic E-state index is 12.2. The summed E-state index contributed by atoms with van der Waals surface area (Å²) in [5.74, 6) is 1.54. The molecule has 0 saturated heterocycles. The van der Waals surface area contributed by atoms with Gasteiger partial charge in [0.25, 0.3) is 5.91 Å². The molecule has 0 atom stereocenters. The van der Waals surface area contributed by atoms with Crippen molar-refractivity contribution in [3.63, 3.8) is 0 Å². The molecule has 8 nitrogen and oxygen atoms in total. The first kappa shape index (κ1) is 15.5. The number of carbonyl (C=O) groups excluding carboxylic acids is 2. The van der Waals surface area contributed by atoms with Crippen LogP contribution < -0.4 is 15.5 Å². The van der Waals surface area contributed by atoms with Crippen LogP contribution in [0.3, 0.4) is 0 Å². The zero-order valence-corrected chi connectivity index (χ0v) is 14.2. The number of nitrogens with one attached hydrogen (secondary N) is 2. The molecular weight excluding hydrogens is 320 g/mol. The van der Waals surface area contributed by atoms with E-state index in [2.05, 4.69) is 26.7 Å². The highest BCUT2D eigenvalue weighted by atomic mass is 16.2. The number of urea groups is 1. The lowest BCUT2D eigenvalue weighted by molar-refractivity contribution is 0.0781. The Hall–Kier alpha value is -3.03. The van der Waals surface area contributed by atoms with Crippen molar-refractivity contribution in [2.24, 2.45) is 0 Å². The van der Waals surface area contributed by atoms with Gasteiger partial charge >= 0.3 is 6.03 Å². The fourth-order valence-electron chi connectivity index (χ4n) is 3.36. The summed E-state index contributed by atoms with van der Waals surface area (Å²) in [5, 5.41) is 9.62. The lowest BCUT2D eigenvalue weighted by Crippen LogP contribution is -2.34. The standard InChI is InChI=1S/C17H20N6O2/c1-18-17(25)19-14-10-15-22(7-8-23(15)20-14)12-3-4-13-11(9-12)5-6-21(2)16(13)24/h3-4,9-10H,5-8H2,1-2H3,(H2,18,19,20,25). The minimum absolute atomic E-state index is 0.0799. The van der Waals surface area contributed by atoms with E-state index in [4.69, 9.17) is 0 Å². The third kappa shape index (κ3) is 2.59. The van der Waals surface area contributed by atoms with E-state index in [1.165, 1.54) is 0 Å². The van der Waals surface area contributed by atoms with E-state index < -0.39 is 0 Å². The topological polar surface area (TPSA) is 82.5 Å². The van der Waals surface area contributed by atoms with E-state index in [-0.39, 0.29) is 11.9 Å². The number of aromatic nitrogens is 2. The van der Waals surface area contributed by atoms with Gasteiger partial charge in [0, 0.05) is 44.5 Å². The van der Waals surface area contributed by atoms with Gasteiger partial charge in [-0.2, -0.15) is 5.10 Å². The Bertz CT molecular complexity index is 859. The highest BCUT2D eigenvalue weighted by molar-refractivity contribution is 5.97. The number of rotatable bonds is 2. The number of fused-ring (bicyclic) bond motifs is 2. The maximum Gasteiger partial charge on any atom is 0.320 e. The Labute approximate surface area is 145 Å². The summed E-state index contributed by atoms with van der Waals surface area (Å²) in [6.07, 6.45) is 0.863. The summed E-state index contributed by atoms with van der Waals surface area (Å²) in [5.41, 5.74) is 2.91. The van der Waals surface area contributed by atoms with Crippen molar-refractivity contribution in [2.45, 2.75) is 13.0 Å². The van der Waals surface area contributed by atoms with Gasteiger partial charge in [-0.25, -0.2) is 9.48 Å². The fraction of sp³-hybridized carbons (Fsp3) is 0.353. The van der Waals surface area contributed by atoms with Crippen molar-refractivity contribution in [1.82, 2.24) is 20.0 Å². The number of likely N-dealkylation sites (N-methyl/N-ethyl adjacent to an activating group) is 1. The molecule has 3 heterocycles. The number of hydrogen-bond acceptors (Lipinski definition) is 4. The first-order valence-corrected chi connectivity index (χ1v) is 8.29. The van der Waals surface area contributed by atoms with Crippen molar-refractivity contribution in [1.29, 1.82) is 0 Å². The van der Waals surface area contributed by atoms with Crippen LogP contribution in [0.15, 0.2) is 24.3 Å². The number of nitrogens with zero attached hydrogens (tertiary/aromatic N) is 4. The van der Waals surface area contributed by atoms with E-state index in [0.717, 1.165) is 48.7 Å². The first-order valence-electron chi connectivity index (χ1n) is 8.29. The van der Waals surface area contributed by atoms with Crippen LogP contribution in [-0.4, -0.2) is 53.8 Å². The van der Waals surface area contributed by atoms with Gasteiger partial charge in [-0.1, -0.05) is 0 Å². The minimum Gasteiger partial charge on any atom is -0.341 e. The molecule has 0 radical (unpaired) electrons. The zero-order chi connectivity index (χ0) is 17.6. The van der Waals surface area contributed by atoms with Gasteiger partial charge in [-0.3, -0.25) is 10.1 Å². The second kappa shape index (κ2) is 5.80. The Kier molecular flexibility index (Phi) is 3.60. The van der Waals surface area contributed by atoms with Crippen LogP contribution in [0.5, 0.6) is 0 Å². The Morgan fingerprint density at radius 1 is 1.20 bits per heavy atom. The van der Waals surface area contributed by atoms with Crippen LogP contribution in [-0.2, 0) is 13.0 Å². The lowest BCUT2D eigenvalue weighted by atomic mass is 9.98. The van der Waals surface area contributed by atoms with Crippen molar-refractivity contribution in [3.05, 3.63) is 35.4 Å². The summed E-state index contributed by atoms with van der Waals surface area (Å²) in [7, 11) is 3.40. The Morgan fingerprint density at radius 3 is 2.84 bits per heavy atom. The second-order valence-corrected chi connectivity index (χ2v) is 6.28. The molecule has 0 aliphatic carbocycles. The molecule has 4 rings (SSSR count). The molecule has 0 fully saturated rings. The van der Waals surface area contributed by atoms with Gasteiger partial charge in [0.2, 0.25) is 0 Å². The van der Waals surface area contributed by atoms with E-state index in [1.807, 2.05) is 29.9 Å². The molecule has 3 amide bonds. The second-order valence-electron chi connectivity index (χ2n) is 6.28. The monoisotopic (exact) mass is 340 g/mol. The van der Waals surface area contributed by atoms with Crippen LogP contribution in [0, 0.1) is 0 Å². The summed E-state index contributed by atoms with van der Waals surface area (Å²) in [4.78, 5) is 27.6. The van der Waals surface area contributed by atoms with Gasteiger partial charge in [0.05, 0.1) is 6.54 Å². The van der Waals surface area contributed by atoms with Gasteiger partial charge < -0.3 is 15.1 Å². The molecule has 2 aliphatic heterocycles. The third-order valence-corrected chi connectivity index (χ3v) is 4.73. The van der Waals surface area contributed by atoms with Crippen LogP contribution in [0.4, 0.5) is 22.1 Å². The Balaban J connectivity index is 1.63. The summed E-state index contributed by atoms with van der Waals surface area (Å²) < 4.78 is 1.88. The molecule has 0 unspecified atom stereocenters. The normalized spacial score (nSPS) is 15.8. The molecule has 0 saturated carbocycles. The fourth-order valence-corrected chi connectivity index (χ4v) is 3.36. The number of hydrogen-bond donors (Lipinski definition) is 2. The largest absolute Gasteiger partial charge is 0.341 e. The maximum absolute atomic E-state index is 12.2. The van der Waals surface area contributed by atoms with Gasteiger partial charge in [-0.15, -0.1) is 0 Å². The van der Waals surface area contributed by atoms with Crippen molar-refractivity contribution >= 4 is 29.3 Å². The molecule has 2 aliphatic rings. The van der Waals surface area contributed by atoms with Crippen LogP contribution in [0.25, 0.3) is 0 Å². The predicted molar refractivity (Wildman–Crippen MR) is 94.4 cm³/mol. The molecule has 2 N–H and O–H groups in total. The quantitative estimate of drug-likeness (QED) is 0.866. The molecule has 0 bridgehead atoms. The van der Waals surface area contributed by atoms with Gasteiger partial charge in [0.1, 0.15) is 5.82 Å². The average Bonchev–Trinajstić information content (AvgIpc) is 3.17. The SMILES string of the molecule is CNC(=O)Nc1cc2n(n1)CCN2c1ccc2c(c1)CCN(C)C2=O. The number of carbonyl (C=O) groups is 2. The van der Waals surface area contributed by atoms with Crippen molar-refractivity contribution in [3.8, 4) is 0 Å². The molecule has 1 aromatic carbocycles. The number of benzene rings is 1. The van der Waals surface area contributed by atoms with Crippen LogP contribution in [0.1, 0.15) is 15.9 Å². The smallest absolute Gasteiger partial charge is 0.320 e. The average molecular weight is 340 g/mol. The predicted octanol–water partition coefficient (Wildman–Crippen LogP) is 1.41. The molecular formula is C17H20N6O2. The van der Waals surface area contributed by atoms with Gasteiger partial charge in [0.15, 0.2) is 5.82 Å². The van der Waals surface area contributed by atoms with E-state index in [1.54, 1.807) is 11.9 Å². The molecule has 25 heavy (non-hydrogen) atoms.